The average Bonchev–Trinajstić information content (AvgIpc) is 3.04. The van der Waals surface area contributed by atoms with Crippen LogP contribution < -0.4 is 10.6 Å². The number of hydrogen-bond acceptors (Lipinski definition) is 7. The summed E-state index contributed by atoms with van der Waals surface area (Å²) in [7, 11) is 3.00. The molecule has 1 unspecified atom stereocenters. The van der Waals surface area contributed by atoms with E-state index in [9.17, 15) is 9.59 Å². The van der Waals surface area contributed by atoms with Gasteiger partial charge in [0.05, 0.1) is 18.7 Å². The SMILES string of the molecule is COC(=O)C1=C(CSc2nnnn2C)NC(=O)NC1c1ccc(Cl)cc1. The van der Waals surface area contributed by atoms with Gasteiger partial charge in [-0.1, -0.05) is 35.5 Å². The van der Waals surface area contributed by atoms with E-state index < -0.39 is 18.0 Å². The van der Waals surface area contributed by atoms with Crippen molar-refractivity contribution in [3.05, 3.63) is 46.1 Å². The molecule has 0 spiro atoms. The smallest absolute Gasteiger partial charge is 0.338 e. The van der Waals surface area contributed by atoms with E-state index in [2.05, 4.69) is 26.2 Å². The van der Waals surface area contributed by atoms with Gasteiger partial charge in [-0.2, -0.15) is 0 Å². The largest absolute Gasteiger partial charge is 0.466 e. The van der Waals surface area contributed by atoms with E-state index in [1.54, 1.807) is 31.3 Å². The van der Waals surface area contributed by atoms with Crippen LogP contribution in [0.15, 0.2) is 40.7 Å². The van der Waals surface area contributed by atoms with Crippen LogP contribution in [0.5, 0.6) is 0 Å². The number of hydrogen-bond donors (Lipinski definition) is 2. The molecule has 2 heterocycles. The minimum atomic E-state index is -0.651. The molecule has 0 saturated heterocycles. The zero-order chi connectivity index (χ0) is 18.7. The Morgan fingerprint density at radius 2 is 2.12 bits per heavy atom. The van der Waals surface area contributed by atoms with Crippen molar-refractivity contribution in [2.24, 2.45) is 7.05 Å². The molecule has 1 aliphatic heterocycles. The Bertz CT molecular complexity index is 867. The highest BCUT2D eigenvalue weighted by Gasteiger charge is 2.33. The zero-order valence-corrected chi connectivity index (χ0v) is 15.5. The van der Waals surface area contributed by atoms with E-state index in [4.69, 9.17) is 16.3 Å². The summed E-state index contributed by atoms with van der Waals surface area (Å²) in [5.41, 5.74) is 1.47. The second-order valence-corrected chi connectivity index (χ2v) is 6.72. The number of benzene rings is 1. The molecule has 0 fully saturated rings. The highest BCUT2D eigenvalue weighted by atomic mass is 35.5. The summed E-state index contributed by atoms with van der Waals surface area (Å²) < 4.78 is 6.43. The Hall–Kier alpha value is -2.59. The van der Waals surface area contributed by atoms with E-state index in [0.717, 1.165) is 0 Å². The number of esters is 1. The summed E-state index contributed by atoms with van der Waals surface area (Å²) >= 11 is 7.22. The van der Waals surface area contributed by atoms with Crippen molar-refractivity contribution in [2.45, 2.75) is 11.2 Å². The molecule has 136 valence electrons. The Labute approximate surface area is 158 Å². The number of tetrazole rings is 1. The molecule has 1 atom stereocenters. The van der Waals surface area contributed by atoms with Gasteiger partial charge in [-0.15, -0.1) is 5.10 Å². The Balaban J connectivity index is 1.97. The maximum absolute atomic E-state index is 12.4. The number of nitrogens with one attached hydrogen (secondary N) is 2. The molecule has 1 aliphatic rings. The van der Waals surface area contributed by atoms with Gasteiger partial charge in [-0.3, -0.25) is 0 Å². The number of carbonyl (C=O) groups is 2. The van der Waals surface area contributed by atoms with Gasteiger partial charge in [0.25, 0.3) is 0 Å². The quantitative estimate of drug-likeness (QED) is 0.583. The lowest BCUT2D eigenvalue weighted by Gasteiger charge is -2.29. The fourth-order valence-electron chi connectivity index (χ4n) is 2.47. The van der Waals surface area contributed by atoms with Gasteiger partial charge in [0.15, 0.2) is 0 Å². The van der Waals surface area contributed by atoms with Gasteiger partial charge in [0.2, 0.25) is 5.16 Å². The molecule has 2 aromatic rings. The average molecular weight is 395 g/mol. The van der Waals surface area contributed by atoms with Crippen LogP contribution in [0.1, 0.15) is 11.6 Å². The van der Waals surface area contributed by atoms with Crippen molar-refractivity contribution in [1.29, 1.82) is 0 Å². The summed E-state index contributed by atoms with van der Waals surface area (Å²) in [4.78, 5) is 24.5. The molecule has 0 bridgehead atoms. The van der Waals surface area contributed by atoms with Crippen molar-refractivity contribution >= 4 is 35.4 Å². The second-order valence-electron chi connectivity index (χ2n) is 5.34. The van der Waals surface area contributed by atoms with Crippen LogP contribution in [0.25, 0.3) is 0 Å². The van der Waals surface area contributed by atoms with Crippen molar-refractivity contribution in [1.82, 2.24) is 30.8 Å². The third kappa shape index (κ3) is 3.81. The molecular formula is C15H15ClN6O3S. The summed E-state index contributed by atoms with van der Waals surface area (Å²) in [5.74, 6) is -0.250. The standard InChI is InChI=1S/C15H15ClN6O3S/c1-22-15(19-20-21-22)26-7-10-11(13(23)25-2)12(18-14(24)17-10)8-3-5-9(16)6-4-8/h3-6,12H,7H2,1-2H3,(H2,17,18,24). The number of aryl methyl sites for hydroxylation is 1. The number of urea groups is 1. The van der Waals surface area contributed by atoms with Crippen molar-refractivity contribution in [3.8, 4) is 0 Å². The van der Waals surface area contributed by atoms with Gasteiger partial charge in [-0.05, 0) is 28.1 Å². The number of halogens is 1. The second kappa shape index (κ2) is 7.75. The van der Waals surface area contributed by atoms with Gasteiger partial charge < -0.3 is 15.4 Å². The molecule has 2 N–H and O–H groups in total. The van der Waals surface area contributed by atoms with Crippen LogP contribution in [0, 0.1) is 0 Å². The topological polar surface area (TPSA) is 111 Å². The van der Waals surface area contributed by atoms with Crippen molar-refractivity contribution in [2.75, 3.05) is 12.9 Å². The van der Waals surface area contributed by atoms with Crippen LogP contribution in [0.4, 0.5) is 4.79 Å². The minimum absolute atomic E-state index is 0.288. The molecule has 0 aliphatic carbocycles. The highest BCUT2D eigenvalue weighted by molar-refractivity contribution is 7.99. The van der Waals surface area contributed by atoms with Crippen LogP contribution in [-0.2, 0) is 16.6 Å². The van der Waals surface area contributed by atoms with E-state index in [1.807, 2.05) is 0 Å². The number of thioether (sulfide) groups is 1. The Morgan fingerprint density at radius 3 is 2.73 bits per heavy atom. The fraction of sp³-hybridized carbons (Fsp3) is 0.267. The molecule has 9 nitrogen and oxygen atoms in total. The predicted molar refractivity (Wildman–Crippen MR) is 94.4 cm³/mol. The molecular weight excluding hydrogens is 380 g/mol. The number of amides is 2. The van der Waals surface area contributed by atoms with Gasteiger partial charge in [0.1, 0.15) is 0 Å². The number of rotatable bonds is 5. The maximum atomic E-state index is 12.4. The number of ether oxygens (including phenoxy) is 1. The predicted octanol–water partition coefficient (Wildman–Crippen LogP) is 1.44. The number of nitrogens with zero attached hydrogens (tertiary/aromatic N) is 4. The van der Waals surface area contributed by atoms with Gasteiger partial charge in [0, 0.05) is 23.5 Å². The number of aromatic nitrogens is 4. The van der Waals surface area contributed by atoms with Crippen molar-refractivity contribution in [3.63, 3.8) is 0 Å². The third-order valence-corrected chi connectivity index (χ3v) is 4.98. The summed E-state index contributed by atoms with van der Waals surface area (Å²) in [5, 5.41) is 17.7. The molecule has 0 radical (unpaired) electrons. The molecule has 26 heavy (non-hydrogen) atoms. The van der Waals surface area contributed by atoms with Crippen molar-refractivity contribution < 1.29 is 14.3 Å². The van der Waals surface area contributed by atoms with Crippen LogP contribution in [0.2, 0.25) is 5.02 Å². The zero-order valence-electron chi connectivity index (χ0n) is 13.9. The van der Waals surface area contributed by atoms with Gasteiger partial charge in [-0.25, -0.2) is 14.3 Å². The lowest BCUT2D eigenvalue weighted by molar-refractivity contribution is -0.136. The first-order valence-corrected chi connectivity index (χ1v) is 8.85. The van der Waals surface area contributed by atoms with Crippen LogP contribution >= 0.6 is 23.4 Å². The Kier molecular flexibility index (Phi) is 5.43. The summed E-state index contributed by atoms with van der Waals surface area (Å²) in [6, 6.07) is 5.82. The molecule has 1 aromatic carbocycles. The van der Waals surface area contributed by atoms with E-state index in [1.165, 1.54) is 23.6 Å². The molecule has 2 amide bonds. The number of methoxy groups -OCH3 is 1. The monoisotopic (exact) mass is 394 g/mol. The van der Waals surface area contributed by atoms with Crippen LogP contribution in [-0.4, -0.2) is 45.1 Å². The fourth-order valence-corrected chi connectivity index (χ4v) is 3.41. The first kappa shape index (κ1) is 18.2. The van der Waals surface area contributed by atoms with E-state index >= 15 is 0 Å². The molecule has 1 aromatic heterocycles. The normalized spacial score (nSPS) is 16.9. The first-order chi connectivity index (χ1) is 12.5. The first-order valence-electron chi connectivity index (χ1n) is 7.49. The van der Waals surface area contributed by atoms with Crippen LogP contribution in [0.3, 0.4) is 0 Å². The lowest BCUT2D eigenvalue weighted by atomic mass is 9.95. The Morgan fingerprint density at radius 1 is 1.38 bits per heavy atom. The minimum Gasteiger partial charge on any atom is -0.466 e. The third-order valence-electron chi connectivity index (χ3n) is 3.69. The summed E-state index contributed by atoms with van der Waals surface area (Å²) in [6.07, 6.45) is 0. The van der Waals surface area contributed by atoms with Gasteiger partial charge >= 0.3 is 12.0 Å². The molecule has 0 saturated carbocycles. The lowest BCUT2D eigenvalue weighted by Crippen LogP contribution is -2.46. The van der Waals surface area contributed by atoms with E-state index in [-0.39, 0.29) is 5.75 Å². The highest BCUT2D eigenvalue weighted by Crippen LogP contribution is 2.30. The molecule has 3 rings (SSSR count). The maximum Gasteiger partial charge on any atom is 0.338 e. The van der Waals surface area contributed by atoms with E-state index in [0.29, 0.717) is 27.0 Å². The summed E-state index contributed by atoms with van der Waals surface area (Å²) in [6.45, 7) is 0. The number of carbonyl (C=O) groups excluding carboxylic acids is 2. The molecule has 11 heteroatoms.